The van der Waals surface area contributed by atoms with Crippen molar-refractivity contribution in [2.24, 2.45) is 5.41 Å². The van der Waals surface area contributed by atoms with E-state index in [0.29, 0.717) is 25.3 Å². The van der Waals surface area contributed by atoms with Crippen LogP contribution in [0.3, 0.4) is 0 Å². The summed E-state index contributed by atoms with van der Waals surface area (Å²) in [4.78, 5) is 22.4. The lowest BCUT2D eigenvalue weighted by Crippen LogP contribution is -2.53. The zero-order valence-electron chi connectivity index (χ0n) is 7.04. The molecule has 5 heteroatoms. The number of hydrogen-bond donors (Lipinski definition) is 2. The van der Waals surface area contributed by atoms with Crippen LogP contribution in [0.4, 0.5) is 4.79 Å². The molecule has 0 aromatic rings. The molecular weight excluding hydrogens is 172 g/mol. The third kappa shape index (κ3) is 1.01. The molecule has 0 aliphatic carbocycles. The van der Waals surface area contributed by atoms with E-state index in [4.69, 9.17) is 5.11 Å². The van der Waals surface area contributed by atoms with E-state index in [1.165, 1.54) is 4.90 Å². The number of carbonyl (C=O) groups excluding carboxylic acids is 1. The van der Waals surface area contributed by atoms with Crippen LogP contribution in [0.15, 0.2) is 5.70 Å². The second-order valence-corrected chi connectivity index (χ2v) is 3.57. The first kappa shape index (κ1) is 8.13. The zero-order valence-corrected chi connectivity index (χ0v) is 7.04. The molecule has 1 atom stereocenters. The zero-order chi connectivity index (χ0) is 9.47. The summed E-state index contributed by atoms with van der Waals surface area (Å²) >= 11 is 0. The van der Waals surface area contributed by atoms with Gasteiger partial charge in [-0.25, -0.2) is 9.59 Å². The number of rotatable bonds is 0. The Kier molecular flexibility index (Phi) is 1.57. The molecule has 0 bridgehead atoms. The molecule has 2 N–H and O–H groups in total. The van der Waals surface area contributed by atoms with Gasteiger partial charge in [0.2, 0.25) is 0 Å². The molecule has 70 valence electrons. The van der Waals surface area contributed by atoms with Gasteiger partial charge in [-0.1, -0.05) is 0 Å². The number of hydrogen-bond acceptors (Lipinski definition) is 3. The van der Waals surface area contributed by atoms with Crippen molar-refractivity contribution in [2.45, 2.75) is 6.42 Å². The maximum atomic E-state index is 10.6. The van der Waals surface area contributed by atoms with Gasteiger partial charge in [0, 0.05) is 19.6 Å². The number of likely N-dealkylation sites (tertiary alicyclic amines) is 1. The molecule has 2 heterocycles. The van der Waals surface area contributed by atoms with Crippen molar-refractivity contribution in [1.82, 2.24) is 10.2 Å². The van der Waals surface area contributed by atoms with Crippen molar-refractivity contribution in [3.05, 3.63) is 5.70 Å². The average molecular weight is 182 g/mol. The first-order valence-corrected chi connectivity index (χ1v) is 4.15. The molecule has 2 fully saturated rings. The molecule has 1 spiro atoms. The predicted molar refractivity (Wildman–Crippen MR) is 43.9 cm³/mol. The van der Waals surface area contributed by atoms with Crippen molar-refractivity contribution in [2.75, 3.05) is 19.6 Å². The Morgan fingerprint density at radius 1 is 1.69 bits per heavy atom. The van der Waals surface area contributed by atoms with Crippen LogP contribution in [0, 0.1) is 5.41 Å². The van der Waals surface area contributed by atoms with Crippen LogP contribution < -0.4 is 5.32 Å². The highest BCUT2D eigenvalue weighted by atomic mass is 16.4. The summed E-state index contributed by atoms with van der Waals surface area (Å²) in [6.45, 7) is 1.64. The molecule has 0 aromatic carbocycles. The average Bonchev–Trinajstić information content (AvgIpc) is 2.49. The lowest BCUT2D eigenvalue weighted by Gasteiger charge is -2.39. The number of carbonyl (C=O) groups is 1. The van der Waals surface area contributed by atoms with Gasteiger partial charge in [-0.05, 0) is 6.42 Å². The topological polar surface area (TPSA) is 69.6 Å². The minimum atomic E-state index is -0.908. The van der Waals surface area contributed by atoms with Crippen LogP contribution in [-0.4, -0.2) is 41.7 Å². The van der Waals surface area contributed by atoms with E-state index in [1.807, 2.05) is 5.94 Å². The fourth-order valence-electron chi connectivity index (χ4n) is 1.96. The summed E-state index contributed by atoms with van der Waals surface area (Å²) < 4.78 is 0. The molecule has 2 aliphatic heterocycles. The molecule has 5 nitrogen and oxygen atoms in total. The van der Waals surface area contributed by atoms with Gasteiger partial charge in [0.25, 0.3) is 0 Å². The Balaban J connectivity index is 2.13. The summed E-state index contributed by atoms with van der Waals surface area (Å²) in [6.07, 6.45) is -0.175. The molecule has 1 amide bonds. The molecule has 0 aromatic heterocycles. The monoisotopic (exact) mass is 182 g/mol. The highest BCUT2D eigenvalue weighted by Crippen LogP contribution is 2.40. The van der Waals surface area contributed by atoms with E-state index < -0.39 is 6.09 Å². The van der Waals surface area contributed by atoms with Crippen LogP contribution in [0.25, 0.3) is 0 Å². The quantitative estimate of drug-likeness (QED) is 0.503. The Morgan fingerprint density at radius 2 is 2.46 bits per heavy atom. The predicted octanol–water partition coefficient (Wildman–Crippen LogP) is -0.325. The van der Waals surface area contributed by atoms with Gasteiger partial charge in [0.05, 0.1) is 5.41 Å². The van der Waals surface area contributed by atoms with Gasteiger partial charge in [-0.15, -0.1) is 0 Å². The third-order valence-corrected chi connectivity index (χ3v) is 2.86. The van der Waals surface area contributed by atoms with Gasteiger partial charge in [0.1, 0.15) is 11.6 Å². The smallest absolute Gasteiger partial charge is 0.407 e. The summed E-state index contributed by atoms with van der Waals surface area (Å²) in [6, 6.07) is 0. The summed E-state index contributed by atoms with van der Waals surface area (Å²) in [7, 11) is 0. The van der Waals surface area contributed by atoms with Crippen molar-refractivity contribution in [1.29, 1.82) is 0 Å². The van der Waals surface area contributed by atoms with Crippen LogP contribution in [0.2, 0.25) is 0 Å². The first-order chi connectivity index (χ1) is 6.18. The highest BCUT2D eigenvalue weighted by Gasteiger charge is 2.49. The second-order valence-electron chi connectivity index (χ2n) is 3.57. The number of carboxylic acid groups (broad SMARTS) is 1. The van der Waals surface area contributed by atoms with Crippen molar-refractivity contribution in [3.63, 3.8) is 0 Å². The van der Waals surface area contributed by atoms with Gasteiger partial charge < -0.3 is 15.3 Å². The van der Waals surface area contributed by atoms with E-state index in [1.54, 1.807) is 0 Å². The molecule has 1 unspecified atom stereocenters. The lowest BCUT2D eigenvalue weighted by atomic mass is 9.78. The normalized spacial score (nSPS) is 31.1. The summed E-state index contributed by atoms with van der Waals surface area (Å²) in [5.41, 5.74) is 0.302. The Hall–Kier alpha value is -1.48. The second kappa shape index (κ2) is 2.50. The van der Waals surface area contributed by atoms with Crippen LogP contribution in [0.5, 0.6) is 0 Å². The van der Waals surface area contributed by atoms with E-state index >= 15 is 0 Å². The van der Waals surface area contributed by atoms with Crippen LogP contribution >= 0.6 is 0 Å². The van der Waals surface area contributed by atoms with E-state index in [0.717, 1.165) is 6.42 Å². The number of amides is 1. The van der Waals surface area contributed by atoms with E-state index in [9.17, 15) is 9.59 Å². The van der Waals surface area contributed by atoms with Crippen LogP contribution in [0.1, 0.15) is 6.42 Å². The third-order valence-electron chi connectivity index (χ3n) is 2.86. The van der Waals surface area contributed by atoms with Crippen LogP contribution in [-0.2, 0) is 4.79 Å². The van der Waals surface area contributed by atoms with Gasteiger partial charge in [-0.3, -0.25) is 0 Å². The fourth-order valence-corrected chi connectivity index (χ4v) is 1.96. The van der Waals surface area contributed by atoms with Gasteiger partial charge in [-0.2, -0.15) is 0 Å². The molecular formula is C8H10N2O3. The summed E-state index contributed by atoms with van der Waals surface area (Å²) in [5.74, 6) is 1.83. The van der Waals surface area contributed by atoms with Gasteiger partial charge >= 0.3 is 6.09 Å². The van der Waals surface area contributed by atoms with Crippen molar-refractivity contribution in [3.8, 4) is 0 Å². The minimum absolute atomic E-state index is 0.236. The SMILES string of the molecule is O=C=C1NCC12CCN(C(=O)O)C2. The molecule has 2 saturated heterocycles. The minimum Gasteiger partial charge on any atom is -0.465 e. The van der Waals surface area contributed by atoms with E-state index in [-0.39, 0.29) is 5.41 Å². The maximum Gasteiger partial charge on any atom is 0.407 e. The fraction of sp³-hybridized carbons (Fsp3) is 0.625. The molecule has 13 heavy (non-hydrogen) atoms. The Bertz CT molecular complexity index is 309. The highest BCUT2D eigenvalue weighted by molar-refractivity contribution is 5.67. The van der Waals surface area contributed by atoms with Gasteiger partial charge in [0.15, 0.2) is 0 Å². The van der Waals surface area contributed by atoms with Crippen molar-refractivity contribution < 1.29 is 14.7 Å². The Morgan fingerprint density at radius 3 is 2.85 bits per heavy atom. The first-order valence-electron chi connectivity index (χ1n) is 4.15. The Labute approximate surface area is 75.0 Å². The standard InChI is InChI=1S/C8H10N2O3/c11-3-6-8(4-9-6)1-2-10(5-8)7(12)13/h9H,1-2,4-5H2,(H,12,13). The van der Waals surface area contributed by atoms with E-state index in [2.05, 4.69) is 5.32 Å². The summed E-state index contributed by atoms with van der Waals surface area (Å²) in [5, 5.41) is 11.6. The lowest BCUT2D eigenvalue weighted by molar-refractivity contribution is 0.146. The number of nitrogens with zero attached hydrogens (tertiary/aromatic N) is 1. The molecule has 0 saturated carbocycles. The number of nitrogens with one attached hydrogen (secondary N) is 1. The molecule has 2 rings (SSSR count). The molecule has 2 aliphatic rings. The largest absolute Gasteiger partial charge is 0.465 e. The van der Waals surface area contributed by atoms with Crippen molar-refractivity contribution >= 4 is 12.0 Å². The maximum absolute atomic E-state index is 10.6. The molecule has 0 radical (unpaired) electrons.